The summed E-state index contributed by atoms with van der Waals surface area (Å²) in [5.41, 5.74) is 1.16. The minimum absolute atomic E-state index is 0.0242. The molecule has 1 heterocycles. The standard InChI is InChI=1S/C16H24N2O2S/c1-11(2)17-9-10-18-15(19)12(3)21-16(18)13-5-7-14(20-4)8-6-13/h5-8,11-12,16-17H,9-10H2,1-4H3. The van der Waals surface area contributed by atoms with Gasteiger partial charge in [0.25, 0.3) is 0 Å². The lowest BCUT2D eigenvalue weighted by Gasteiger charge is -2.25. The van der Waals surface area contributed by atoms with Gasteiger partial charge in [0.2, 0.25) is 5.91 Å². The molecule has 1 N–H and O–H groups in total. The van der Waals surface area contributed by atoms with E-state index in [9.17, 15) is 4.79 Å². The van der Waals surface area contributed by atoms with Crippen LogP contribution in [0.15, 0.2) is 24.3 Å². The maximum absolute atomic E-state index is 12.3. The topological polar surface area (TPSA) is 41.6 Å². The summed E-state index contributed by atoms with van der Waals surface area (Å²) < 4.78 is 5.19. The predicted molar refractivity (Wildman–Crippen MR) is 87.6 cm³/mol. The number of methoxy groups -OCH3 is 1. The Labute approximate surface area is 131 Å². The minimum Gasteiger partial charge on any atom is -0.497 e. The van der Waals surface area contributed by atoms with Crippen molar-refractivity contribution in [3.05, 3.63) is 29.8 Å². The molecule has 0 spiro atoms. The second-order valence-corrected chi connectivity index (χ2v) is 6.97. The first kappa shape index (κ1) is 16.2. The molecular formula is C16H24N2O2S. The first-order valence-electron chi connectivity index (χ1n) is 7.36. The molecule has 0 aromatic heterocycles. The highest BCUT2D eigenvalue weighted by molar-refractivity contribution is 8.01. The molecule has 116 valence electrons. The van der Waals surface area contributed by atoms with Gasteiger partial charge in [-0.1, -0.05) is 26.0 Å². The maximum Gasteiger partial charge on any atom is 0.236 e. The van der Waals surface area contributed by atoms with Gasteiger partial charge in [0.1, 0.15) is 11.1 Å². The number of carbonyl (C=O) groups is 1. The first-order valence-corrected chi connectivity index (χ1v) is 8.30. The molecule has 1 fully saturated rings. The Morgan fingerprint density at radius 3 is 2.57 bits per heavy atom. The van der Waals surface area contributed by atoms with Gasteiger partial charge in [0.15, 0.2) is 0 Å². The van der Waals surface area contributed by atoms with Crippen LogP contribution in [0.1, 0.15) is 31.7 Å². The maximum atomic E-state index is 12.3. The van der Waals surface area contributed by atoms with Crippen LogP contribution in [0.3, 0.4) is 0 Å². The first-order chi connectivity index (χ1) is 10.0. The second-order valence-electron chi connectivity index (χ2n) is 5.54. The highest BCUT2D eigenvalue weighted by Gasteiger charge is 2.37. The third-order valence-electron chi connectivity index (χ3n) is 3.55. The van der Waals surface area contributed by atoms with Gasteiger partial charge in [0.05, 0.1) is 12.4 Å². The van der Waals surface area contributed by atoms with Gasteiger partial charge >= 0.3 is 0 Å². The molecule has 2 atom stereocenters. The van der Waals surface area contributed by atoms with Gasteiger partial charge in [-0.15, -0.1) is 11.8 Å². The van der Waals surface area contributed by atoms with E-state index in [4.69, 9.17) is 4.74 Å². The van der Waals surface area contributed by atoms with Crippen molar-refractivity contribution in [3.63, 3.8) is 0 Å². The summed E-state index contributed by atoms with van der Waals surface area (Å²) in [6, 6.07) is 8.43. The second kappa shape index (κ2) is 7.18. The molecule has 1 aliphatic rings. The Morgan fingerprint density at radius 1 is 1.33 bits per heavy atom. The van der Waals surface area contributed by atoms with Gasteiger partial charge in [-0.25, -0.2) is 0 Å². The van der Waals surface area contributed by atoms with Crippen molar-refractivity contribution in [1.82, 2.24) is 10.2 Å². The van der Waals surface area contributed by atoms with Crippen molar-refractivity contribution in [2.75, 3.05) is 20.2 Å². The quantitative estimate of drug-likeness (QED) is 0.877. The molecule has 0 saturated carbocycles. The molecule has 1 saturated heterocycles. The molecule has 5 heteroatoms. The molecule has 0 aliphatic carbocycles. The van der Waals surface area contributed by atoms with Gasteiger partial charge in [-0.3, -0.25) is 4.79 Å². The van der Waals surface area contributed by atoms with Crippen LogP contribution in [0.2, 0.25) is 0 Å². The number of thioether (sulfide) groups is 1. The van der Waals surface area contributed by atoms with Crippen LogP contribution in [-0.2, 0) is 4.79 Å². The van der Waals surface area contributed by atoms with Gasteiger partial charge in [-0.2, -0.15) is 0 Å². The van der Waals surface area contributed by atoms with E-state index in [1.165, 1.54) is 0 Å². The lowest BCUT2D eigenvalue weighted by atomic mass is 10.2. The number of amides is 1. The van der Waals surface area contributed by atoms with Crippen molar-refractivity contribution >= 4 is 17.7 Å². The minimum atomic E-state index is 0.0242. The van der Waals surface area contributed by atoms with Crippen molar-refractivity contribution in [1.29, 1.82) is 0 Å². The average Bonchev–Trinajstić information content (AvgIpc) is 2.75. The van der Waals surface area contributed by atoms with Crippen LogP contribution >= 0.6 is 11.8 Å². The summed E-state index contributed by atoms with van der Waals surface area (Å²) in [5.74, 6) is 1.07. The summed E-state index contributed by atoms with van der Waals surface area (Å²) >= 11 is 1.71. The molecule has 4 nitrogen and oxygen atoms in total. The lowest BCUT2D eigenvalue weighted by molar-refractivity contribution is -0.129. The van der Waals surface area contributed by atoms with Crippen molar-refractivity contribution < 1.29 is 9.53 Å². The zero-order valence-electron chi connectivity index (χ0n) is 13.1. The third kappa shape index (κ3) is 3.92. The number of nitrogens with zero attached hydrogens (tertiary/aromatic N) is 1. The molecule has 2 unspecified atom stereocenters. The monoisotopic (exact) mass is 308 g/mol. The Kier molecular flexibility index (Phi) is 5.53. The van der Waals surface area contributed by atoms with Crippen molar-refractivity contribution in [2.45, 2.75) is 37.4 Å². The Morgan fingerprint density at radius 2 is 2.00 bits per heavy atom. The molecule has 0 radical (unpaired) electrons. The zero-order valence-corrected chi connectivity index (χ0v) is 13.9. The van der Waals surface area contributed by atoms with E-state index in [1.807, 2.05) is 36.1 Å². The van der Waals surface area contributed by atoms with Crippen molar-refractivity contribution in [3.8, 4) is 5.75 Å². The molecule has 1 aliphatic heterocycles. The van der Waals surface area contributed by atoms with E-state index in [0.717, 1.165) is 24.4 Å². The number of hydrogen-bond donors (Lipinski definition) is 1. The van der Waals surface area contributed by atoms with Crippen LogP contribution in [0.25, 0.3) is 0 Å². The highest BCUT2D eigenvalue weighted by Crippen LogP contribution is 2.42. The number of ether oxygens (including phenoxy) is 1. The predicted octanol–water partition coefficient (Wildman–Crippen LogP) is 2.66. The van der Waals surface area contributed by atoms with E-state index in [1.54, 1.807) is 18.9 Å². The summed E-state index contributed by atoms with van der Waals surface area (Å²) in [6.07, 6.45) is 0. The molecule has 1 amide bonds. The molecule has 0 bridgehead atoms. The molecule has 1 aromatic carbocycles. The lowest BCUT2D eigenvalue weighted by Crippen LogP contribution is -2.38. The molecule has 1 aromatic rings. The number of hydrogen-bond acceptors (Lipinski definition) is 4. The van der Waals surface area contributed by atoms with E-state index in [-0.39, 0.29) is 16.5 Å². The number of benzene rings is 1. The van der Waals surface area contributed by atoms with Crippen molar-refractivity contribution in [2.24, 2.45) is 0 Å². The largest absolute Gasteiger partial charge is 0.497 e. The van der Waals surface area contributed by atoms with Crippen LogP contribution in [0, 0.1) is 0 Å². The smallest absolute Gasteiger partial charge is 0.236 e. The Balaban J connectivity index is 2.09. The van der Waals surface area contributed by atoms with Crippen LogP contribution in [0.5, 0.6) is 5.75 Å². The van der Waals surface area contributed by atoms with E-state index < -0.39 is 0 Å². The summed E-state index contributed by atoms with van der Waals surface area (Å²) in [6.45, 7) is 7.78. The Bertz CT molecular complexity index is 476. The SMILES string of the molecule is COc1ccc(C2SC(C)C(=O)N2CCNC(C)C)cc1. The normalized spacial score (nSPS) is 22.1. The number of nitrogens with one attached hydrogen (secondary N) is 1. The van der Waals surface area contributed by atoms with E-state index in [0.29, 0.717) is 6.04 Å². The Hall–Kier alpha value is -1.20. The van der Waals surface area contributed by atoms with Crippen LogP contribution in [-0.4, -0.2) is 42.3 Å². The van der Waals surface area contributed by atoms with Crippen LogP contribution < -0.4 is 10.1 Å². The third-order valence-corrected chi connectivity index (χ3v) is 4.95. The highest BCUT2D eigenvalue weighted by atomic mass is 32.2. The van der Waals surface area contributed by atoms with E-state index in [2.05, 4.69) is 19.2 Å². The summed E-state index contributed by atoms with van der Waals surface area (Å²) in [5, 5.41) is 3.50. The summed E-state index contributed by atoms with van der Waals surface area (Å²) in [4.78, 5) is 14.3. The average molecular weight is 308 g/mol. The fraction of sp³-hybridized carbons (Fsp3) is 0.562. The molecular weight excluding hydrogens is 284 g/mol. The fourth-order valence-corrected chi connectivity index (χ4v) is 3.71. The summed E-state index contributed by atoms with van der Waals surface area (Å²) in [7, 11) is 1.66. The number of rotatable bonds is 6. The molecule has 21 heavy (non-hydrogen) atoms. The van der Waals surface area contributed by atoms with Gasteiger partial charge in [-0.05, 0) is 24.6 Å². The fourth-order valence-electron chi connectivity index (χ4n) is 2.40. The zero-order chi connectivity index (χ0) is 15.4. The van der Waals surface area contributed by atoms with E-state index >= 15 is 0 Å². The van der Waals surface area contributed by atoms with Gasteiger partial charge in [0, 0.05) is 19.1 Å². The van der Waals surface area contributed by atoms with Crippen LogP contribution in [0.4, 0.5) is 0 Å². The molecule has 2 rings (SSSR count). The van der Waals surface area contributed by atoms with Gasteiger partial charge < -0.3 is 15.0 Å². The number of carbonyl (C=O) groups excluding carboxylic acids is 1.